The van der Waals surface area contributed by atoms with Crippen molar-refractivity contribution < 1.29 is 4.74 Å². The molecule has 4 rings (SSSR count). The summed E-state index contributed by atoms with van der Waals surface area (Å²) >= 11 is 0. The van der Waals surface area contributed by atoms with E-state index in [2.05, 4.69) is 26.3 Å². The molecule has 2 aromatic heterocycles. The number of aromatic nitrogens is 2. The zero-order valence-corrected chi connectivity index (χ0v) is 14.7. The first-order chi connectivity index (χ1) is 12.7. The minimum atomic E-state index is 0.486. The molecule has 2 heterocycles. The van der Waals surface area contributed by atoms with E-state index in [0.29, 0.717) is 12.4 Å². The van der Waals surface area contributed by atoms with Gasteiger partial charge >= 0.3 is 0 Å². The smallest absolute Gasteiger partial charge is 0.174 e. The van der Waals surface area contributed by atoms with Crippen LogP contribution in [-0.2, 0) is 6.54 Å². The SMILES string of the molecule is COc1ccc2c(C)cc(N=NCc3ccnc4ccccc34)nc2c1. The van der Waals surface area contributed by atoms with E-state index in [0.717, 1.165) is 38.7 Å². The van der Waals surface area contributed by atoms with E-state index >= 15 is 0 Å². The van der Waals surface area contributed by atoms with Gasteiger partial charge in [0.25, 0.3) is 0 Å². The average molecular weight is 342 g/mol. The van der Waals surface area contributed by atoms with E-state index in [9.17, 15) is 0 Å². The molecule has 0 saturated heterocycles. The van der Waals surface area contributed by atoms with E-state index in [-0.39, 0.29) is 0 Å². The van der Waals surface area contributed by atoms with Crippen molar-refractivity contribution in [3.8, 4) is 5.75 Å². The monoisotopic (exact) mass is 342 g/mol. The van der Waals surface area contributed by atoms with Crippen LogP contribution in [0.5, 0.6) is 5.75 Å². The lowest BCUT2D eigenvalue weighted by molar-refractivity contribution is 0.415. The summed E-state index contributed by atoms with van der Waals surface area (Å²) in [7, 11) is 1.65. The summed E-state index contributed by atoms with van der Waals surface area (Å²) in [6.45, 7) is 2.53. The van der Waals surface area contributed by atoms with Crippen molar-refractivity contribution >= 4 is 27.6 Å². The van der Waals surface area contributed by atoms with Crippen molar-refractivity contribution in [2.24, 2.45) is 10.2 Å². The van der Waals surface area contributed by atoms with Crippen LogP contribution in [0.25, 0.3) is 21.8 Å². The second-order valence-electron chi connectivity index (χ2n) is 6.07. The highest BCUT2D eigenvalue weighted by Gasteiger charge is 2.04. The molecule has 0 spiro atoms. The molecule has 26 heavy (non-hydrogen) atoms. The Balaban J connectivity index is 1.64. The number of para-hydroxylation sites is 1. The number of hydrogen-bond donors (Lipinski definition) is 0. The molecule has 0 N–H and O–H groups in total. The van der Waals surface area contributed by atoms with Gasteiger partial charge in [-0.2, -0.15) is 5.11 Å². The molecular weight excluding hydrogens is 324 g/mol. The standard InChI is InChI=1S/C21H18N4O/c1-14-11-21(24-20-12-16(26-2)7-8-17(14)20)25-23-13-15-9-10-22-19-6-4-3-5-18(15)19/h3-12H,13H2,1-2H3. The summed E-state index contributed by atoms with van der Waals surface area (Å²) in [4.78, 5) is 8.96. The van der Waals surface area contributed by atoms with Crippen LogP contribution >= 0.6 is 0 Å². The molecule has 0 aliphatic carbocycles. The lowest BCUT2D eigenvalue weighted by Gasteiger charge is -2.05. The molecule has 0 unspecified atom stereocenters. The summed E-state index contributed by atoms with van der Waals surface area (Å²) in [5.41, 5.74) is 4.03. The summed E-state index contributed by atoms with van der Waals surface area (Å²) in [6, 6.07) is 17.8. The summed E-state index contributed by atoms with van der Waals surface area (Å²) < 4.78 is 5.28. The fraction of sp³-hybridized carbons (Fsp3) is 0.143. The third-order valence-electron chi connectivity index (χ3n) is 4.36. The Morgan fingerprint density at radius 3 is 2.73 bits per heavy atom. The first-order valence-corrected chi connectivity index (χ1v) is 8.40. The number of aryl methyl sites for hydroxylation is 1. The molecule has 5 nitrogen and oxygen atoms in total. The number of hydrogen-bond acceptors (Lipinski definition) is 5. The van der Waals surface area contributed by atoms with Gasteiger partial charge in [0.05, 0.1) is 24.7 Å². The number of ether oxygens (including phenoxy) is 1. The topological polar surface area (TPSA) is 59.7 Å². The van der Waals surface area contributed by atoms with Gasteiger partial charge in [-0.15, -0.1) is 5.11 Å². The molecule has 0 atom stereocenters. The normalized spacial score (nSPS) is 11.5. The quantitative estimate of drug-likeness (QED) is 0.468. The second kappa shape index (κ2) is 6.88. The van der Waals surface area contributed by atoms with Crippen LogP contribution in [-0.4, -0.2) is 17.1 Å². The molecule has 0 aliphatic heterocycles. The van der Waals surface area contributed by atoms with Crippen LogP contribution in [0, 0.1) is 6.92 Å². The van der Waals surface area contributed by atoms with Gasteiger partial charge in [-0.3, -0.25) is 4.98 Å². The van der Waals surface area contributed by atoms with E-state index in [4.69, 9.17) is 4.74 Å². The lowest BCUT2D eigenvalue weighted by atomic mass is 10.1. The number of benzene rings is 2. The first-order valence-electron chi connectivity index (χ1n) is 8.40. The molecule has 4 aromatic rings. The van der Waals surface area contributed by atoms with Gasteiger partial charge in [0.15, 0.2) is 5.82 Å². The number of rotatable bonds is 4. The molecule has 0 saturated carbocycles. The lowest BCUT2D eigenvalue weighted by Crippen LogP contribution is -1.88. The Kier molecular flexibility index (Phi) is 4.27. The van der Waals surface area contributed by atoms with Gasteiger partial charge in [-0.05, 0) is 48.4 Å². The number of nitrogens with zero attached hydrogens (tertiary/aromatic N) is 4. The first kappa shape index (κ1) is 16.1. The van der Waals surface area contributed by atoms with E-state index in [1.807, 2.05) is 55.5 Å². The maximum Gasteiger partial charge on any atom is 0.174 e. The van der Waals surface area contributed by atoms with Crippen LogP contribution in [0.3, 0.4) is 0 Å². The third kappa shape index (κ3) is 3.11. The number of fused-ring (bicyclic) bond motifs is 2. The van der Waals surface area contributed by atoms with Crippen LogP contribution in [0.1, 0.15) is 11.1 Å². The summed E-state index contributed by atoms with van der Waals surface area (Å²) in [6.07, 6.45) is 1.80. The number of azo groups is 1. The average Bonchev–Trinajstić information content (AvgIpc) is 2.68. The van der Waals surface area contributed by atoms with Crippen molar-refractivity contribution in [2.45, 2.75) is 13.5 Å². The molecule has 0 radical (unpaired) electrons. The maximum atomic E-state index is 5.28. The number of pyridine rings is 2. The van der Waals surface area contributed by atoms with Gasteiger partial charge < -0.3 is 4.74 Å². The zero-order valence-electron chi connectivity index (χ0n) is 14.7. The van der Waals surface area contributed by atoms with Crippen molar-refractivity contribution in [1.82, 2.24) is 9.97 Å². The van der Waals surface area contributed by atoms with Gasteiger partial charge in [-0.1, -0.05) is 18.2 Å². The fourth-order valence-corrected chi connectivity index (χ4v) is 3.02. The van der Waals surface area contributed by atoms with Gasteiger partial charge in [0.2, 0.25) is 0 Å². The Labute approximate surface area is 151 Å². The van der Waals surface area contributed by atoms with E-state index < -0.39 is 0 Å². The highest BCUT2D eigenvalue weighted by molar-refractivity contribution is 5.84. The number of methoxy groups -OCH3 is 1. The molecule has 0 fully saturated rings. The fourth-order valence-electron chi connectivity index (χ4n) is 3.02. The highest BCUT2D eigenvalue weighted by atomic mass is 16.5. The Morgan fingerprint density at radius 1 is 0.962 bits per heavy atom. The predicted molar refractivity (Wildman–Crippen MR) is 103 cm³/mol. The highest BCUT2D eigenvalue weighted by Crippen LogP contribution is 2.26. The van der Waals surface area contributed by atoms with Crippen LogP contribution in [0.2, 0.25) is 0 Å². The molecule has 5 heteroatoms. The molecule has 0 bridgehead atoms. The third-order valence-corrected chi connectivity index (χ3v) is 4.36. The van der Waals surface area contributed by atoms with Crippen LogP contribution in [0.4, 0.5) is 5.82 Å². The summed E-state index contributed by atoms with van der Waals surface area (Å²) in [5, 5.41) is 10.9. The summed E-state index contributed by atoms with van der Waals surface area (Å²) in [5.74, 6) is 1.38. The minimum Gasteiger partial charge on any atom is -0.497 e. The predicted octanol–water partition coefficient (Wildman–Crippen LogP) is 5.38. The Morgan fingerprint density at radius 2 is 1.85 bits per heavy atom. The second-order valence-corrected chi connectivity index (χ2v) is 6.07. The molecule has 0 amide bonds. The maximum absolute atomic E-state index is 5.28. The molecule has 128 valence electrons. The molecule has 2 aromatic carbocycles. The van der Waals surface area contributed by atoms with Crippen molar-refractivity contribution in [1.29, 1.82) is 0 Å². The van der Waals surface area contributed by atoms with Crippen molar-refractivity contribution in [2.75, 3.05) is 7.11 Å². The van der Waals surface area contributed by atoms with Gasteiger partial charge in [0.1, 0.15) is 5.75 Å². The molecular formula is C21H18N4O. The van der Waals surface area contributed by atoms with Crippen LogP contribution in [0.15, 0.2) is 71.0 Å². The van der Waals surface area contributed by atoms with Crippen LogP contribution < -0.4 is 4.74 Å². The largest absolute Gasteiger partial charge is 0.497 e. The van der Waals surface area contributed by atoms with Gasteiger partial charge in [-0.25, -0.2) is 4.98 Å². The molecule has 0 aliphatic rings. The van der Waals surface area contributed by atoms with Gasteiger partial charge in [0, 0.05) is 23.0 Å². The minimum absolute atomic E-state index is 0.486. The van der Waals surface area contributed by atoms with E-state index in [1.54, 1.807) is 13.3 Å². The zero-order chi connectivity index (χ0) is 17.9. The Bertz CT molecular complexity index is 1120. The van der Waals surface area contributed by atoms with Crippen molar-refractivity contribution in [3.63, 3.8) is 0 Å². The van der Waals surface area contributed by atoms with E-state index in [1.165, 1.54) is 0 Å². The Hall–Kier alpha value is -3.34. The van der Waals surface area contributed by atoms with Crippen molar-refractivity contribution in [3.05, 3.63) is 71.9 Å².